The van der Waals surface area contributed by atoms with Gasteiger partial charge in [0.25, 0.3) is 5.89 Å². The maximum atomic E-state index is 5.59. The zero-order valence-corrected chi connectivity index (χ0v) is 10.9. The number of nitrogens with two attached hydrogens (primary N) is 1. The second-order valence-electron chi connectivity index (χ2n) is 4.82. The Labute approximate surface area is 111 Å². The molecule has 5 nitrogen and oxygen atoms in total. The van der Waals surface area contributed by atoms with Crippen LogP contribution in [-0.2, 0) is 17.6 Å². The number of benzene rings is 1. The number of methoxy groups -OCH3 is 1. The van der Waals surface area contributed by atoms with Crippen molar-refractivity contribution >= 4 is 0 Å². The molecular weight excluding hydrogens is 242 g/mol. The van der Waals surface area contributed by atoms with Gasteiger partial charge in [-0.2, -0.15) is 4.98 Å². The van der Waals surface area contributed by atoms with E-state index in [9.17, 15) is 0 Å². The number of hydrogen-bond donors (Lipinski definition) is 1. The molecule has 0 fully saturated rings. The Balaban J connectivity index is 1.79. The first-order valence-electron chi connectivity index (χ1n) is 6.45. The lowest BCUT2D eigenvalue weighted by Gasteiger charge is -2.06. The van der Waals surface area contributed by atoms with E-state index in [1.54, 1.807) is 7.11 Å². The summed E-state index contributed by atoms with van der Waals surface area (Å²) >= 11 is 0. The summed E-state index contributed by atoms with van der Waals surface area (Å²) in [6, 6.07) is 8.46. The van der Waals surface area contributed by atoms with Gasteiger partial charge in [-0.1, -0.05) is 29.4 Å². The van der Waals surface area contributed by atoms with E-state index >= 15 is 0 Å². The van der Waals surface area contributed by atoms with Gasteiger partial charge in [0, 0.05) is 19.6 Å². The molecule has 1 aliphatic rings. The molecule has 1 aliphatic carbocycles. The highest BCUT2D eigenvalue weighted by Crippen LogP contribution is 2.32. The van der Waals surface area contributed by atoms with Gasteiger partial charge in [0.2, 0.25) is 0 Å². The fourth-order valence-electron chi connectivity index (χ4n) is 2.58. The lowest BCUT2D eigenvalue weighted by molar-refractivity contribution is 0.0804. The van der Waals surface area contributed by atoms with Crippen molar-refractivity contribution in [2.75, 3.05) is 13.7 Å². The molecule has 0 bridgehead atoms. The molecule has 0 saturated carbocycles. The van der Waals surface area contributed by atoms with Crippen molar-refractivity contribution < 1.29 is 9.26 Å². The Hall–Kier alpha value is -1.72. The molecular formula is C14H17N3O2. The fraction of sp³-hybridized carbons (Fsp3) is 0.429. The van der Waals surface area contributed by atoms with E-state index in [0.717, 1.165) is 18.7 Å². The number of ether oxygens (including phenoxy) is 1. The third-order valence-electron chi connectivity index (χ3n) is 3.65. The zero-order chi connectivity index (χ0) is 13.2. The third kappa shape index (κ3) is 2.27. The summed E-state index contributed by atoms with van der Waals surface area (Å²) in [4.78, 5) is 4.43. The highest BCUT2D eigenvalue weighted by molar-refractivity contribution is 5.34. The standard InChI is InChI=1S/C14H17N3O2/c1-18-12(8-15)14-16-13(17-19-14)11-6-9-4-2-3-5-10(9)7-11/h2-5,11-12H,6-8,15H2,1H3. The zero-order valence-electron chi connectivity index (χ0n) is 10.9. The maximum Gasteiger partial charge on any atom is 0.257 e. The van der Waals surface area contributed by atoms with Crippen LogP contribution >= 0.6 is 0 Å². The van der Waals surface area contributed by atoms with Crippen LogP contribution in [-0.4, -0.2) is 23.8 Å². The Morgan fingerprint density at radius 1 is 1.37 bits per heavy atom. The number of nitrogens with zero attached hydrogens (tertiary/aromatic N) is 2. The van der Waals surface area contributed by atoms with Gasteiger partial charge in [-0.05, 0) is 24.0 Å². The summed E-state index contributed by atoms with van der Waals surface area (Å²) in [7, 11) is 1.59. The van der Waals surface area contributed by atoms with E-state index in [4.69, 9.17) is 15.0 Å². The van der Waals surface area contributed by atoms with E-state index < -0.39 is 0 Å². The fourth-order valence-corrected chi connectivity index (χ4v) is 2.58. The smallest absolute Gasteiger partial charge is 0.257 e. The van der Waals surface area contributed by atoms with Crippen LogP contribution in [0.1, 0.15) is 34.9 Å². The largest absolute Gasteiger partial charge is 0.370 e. The van der Waals surface area contributed by atoms with Crippen LogP contribution in [0, 0.1) is 0 Å². The highest BCUT2D eigenvalue weighted by Gasteiger charge is 2.27. The molecule has 19 heavy (non-hydrogen) atoms. The van der Waals surface area contributed by atoms with Crippen LogP contribution in [0.5, 0.6) is 0 Å². The van der Waals surface area contributed by atoms with Crippen LogP contribution in [0.4, 0.5) is 0 Å². The van der Waals surface area contributed by atoms with Crippen molar-refractivity contribution in [3.8, 4) is 0 Å². The Morgan fingerprint density at radius 2 is 2.05 bits per heavy atom. The molecule has 100 valence electrons. The van der Waals surface area contributed by atoms with Gasteiger partial charge in [0.1, 0.15) is 6.10 Å². The first-order chi connectivity index (χ1) is 9.31. The highest BCUT2D eigenvalue weighted by atomic mass is 16.5. The lowest BCUT2D eigenvalue weighted by atomic mass is 10.1. The molecule has 1 unspecified atom stereocenters. The summed E-state index contributed by atoms with van der Waals surface area (Å²) in [5, 5.41) is 4.08. The molecule has 0 saturated heterocycles. The first-order valence-corrected chi connectivity index (χ1v) is 6.45. The molecule has 5 heteroatoms. The molecule has 0 spiro atoms. The van der Waals surface area contributed by atoms with Crippen LogP contribution in [0.25, 0.3) is 0 Å². The second kappa shape index (κ2) is 5.11. The van der Waals surface area contributed by atoms with Crippen molar-refractivity contribution in [2.45, 2.75) is 24.9 Å². The monoisotopic (exact) mass is 259 g/mol. The van der Waals surface area contributed by atoms with Crippen molar-refractivity contribution in [3.05, 3.63) is 47.1 Å². The average Bonchev–Trinajstić information content (AvgIpc) is 3.06. The van der Waals surface area contributed by atoms with Crippen LogP contribution in [0.2, 0.25) is 0 Å². The molecule has 1 heterocycles. The predicted molar refractivity (Wildman–Crippen MR) is 69.7 cm³/mol. The quantitative estimate of drug-likeness (QED) is 0.902. The SMILES string of the molecule is COC(CN)c1nc(C2Cc3ccccc3C2)no1. The van der Waals surface area contributed by atoms with Gasteiger partial charge in [-0.15, -0.1) is 0 Å². The summed E-state index contributed by atoms with van der Waals surface area (Å²) in [6.07, 6.45) is 1.62. The Morgan fingerprint density at radius 3 is 2.63 bits per heavy atom. The van der Waals surface area contributed by atoms with Crippen molar-refractivity contribution in [1.82, 2.24) is 10.1 Å². The number of fused-ring (bicyclic) bond motifs is 1. The average molecular weight is 259 g/mol. The molecule has 1 aromatic heterocycles. The summed E-state index contributed by atoms with van der Waals surface area (Å²) in [5.74, 6) is 1.52. The van der Waals surface area contributed by atoms with Crippen molar-refractivity contribution in [3.63, 3.8) is 0 Å². The van der Waals surface area contributed by atoms with Crippen LogP contribution in [0.3, 0.4) is 0 Å². The molecule has 3 rings (SSSR count). The van der Waals surface area contributed by atoms with E-state index in [0.29, 0.717) is 18.4 Å². The minimum atomic E-state index is -0.315. The third-order valence-corrected chi connectivity index (χ3v) is 3.65. The lowest BCUT2D eigenvalue weighted by Crippen LogP contribution is -2.14. The van der Waals surface area contributed by atoms with Gasteiger partial charge >= 0.3 is 0 Å². The molecule has 1 atom stereocenters. The number of aromatic nitrogens is 2. The van der Waals surface area contributed by atoms with Gasteiger partial charge in [0.05, 0.1) is 0 Å². The van der Waals surface area contributed by atoms with Crippen molar-refractivity contribution in [2.24, 2.45) is 5.73 Å². The number of hydrogen-bond acceptors (Lipinski definition) is 5. The second-order valence-corrected chi connectivity index (χ2v) is 4.82. The number of rotatable bonds is 4. The van der Waals surface area contributed by atoms with Gasteiger partial charge < -0.3 is 15.0 Å². The molecule has 0 radical (unpaired) electrons. The summed E-state index contributed by atoms with van der Waals surface area (Å²) in [6.45, 7) is 0.336. The van der Waals surface area contributed by atoms with E-state index in [2.05, 4.69) is 34.4 Å². The Kier molecular flexibility index (Phi) is 3.31. The normalized spacial score (nSPS) is 16.5. The molecule has 2 N–H and O–H groups in total. The Bertz CT molecular complexity index is 538. The van der Waals surface area contributed by atoms with E-state index in [1.807, 2.05) is 0 Å². The minimum absolute atomic E-state index is 0.296. The summed E-state index contributed by atoms with van der Waals surface area (Å²) in [5.41, 5.74) is 8.35. The van der Waals surface area contributed by atoms with Gasteiger partial charge in [-0.3, -0.25) is 0 Å². The molecule has 0 aliphatic heterocycles. The van der Waals surface area contributed by atoms with Crippen LogP contribution in [0.15, 0.2) is 28.8 Å². The maximum absolute atomic E-state index is 5.59. The van der Waals surface area contributed by atoms with E-state index in [-0.39, 0.29) is 6.10 Å². The van der Waals surface area contributed by atoms with Crippen LogP contribution < -0.4 is 5.73 Å². The first kappa shape index (κ1) is 12.3. The summed E-state index contributed by atoms with van der Waals surface area (Å²) < 4.78 is 10.5. The van der Waals surface area contributed by atoms with Gasteiger partial charge in [-0.25, -0.2) is 0 Å². The topological polar surface area (TPSA) is 74.2 Å². The molecule has 0 amide bonds. The minimum Gasteiger partial charge on any atom is -0.370 e. The van der Waals surface area contributed by atoms with E-state index in [1.165, 1.54) is 11.1 Å². The predicted octanol–water partition coefficient (Wildman–Crippen LogP) is 1.60. The van der Waals surface area contributed by atoms with Crippen molar-refractivity contribution in [1.29, 1.82) is 0 Å². The molecule has 1 aromatic carbocycles. The van der Waals surface area contributed by atoms with Gasteiger partial charge in [0.15, 0.2) is 5.82 Å². The molecule has 2 aromatic rings.